The van der Waals surface area contributed by atoms with E-state index in [1.807, 2.05) is 0 Å². The Kier molecular flexibility index (Phi) is 3.59. The summed E-state index contributed by atoms with van der Waals surface area (Å²) in [5.74, 6) is 0.738. The van der Waals surface area contributed by atoms with Gasteiger partial charge in [-0.15, -0.1) is 0 Å². The van der Waals surface area contributed by atoms with Crippen LogP contribution in [0.2, 0.25) is 0 Å². The molecule has 2 unspecified atom stereocenters. The average molecular weight is 199 g/mol. The standard InChI is InChI=1S/C12H25NO/c1-5-10-6-7-12(14,8-10)9-13-11(2,3)4/h10,13-14H,5-9H2,1-4H3. The van der Waals surface area contributed by atoms with E-state index in [0.29, 0.717) is 0 Å². The van der Waals surface area contributed by atoms with E-state index in [-0.39, 0.29) is 5.54 Å². The third kappa shape index (κ3) is 3.58. The van der Waals surface area contributed by atoms with Gasteiger partial charge in [-0.1, -0.05) is 13.3 Å². The topological polar surface area (TPSA) is 32.3 Å². The Morgan fingerprint density at radius 3 is 2.50 bits per heavy atom. The van der Waals surface area contributed by atoms with Gasteiger partial charge >= 0.3 is 0 Å². The summed E-state index contributed by atoms with van der Waals surface area (Å²) in [4.78, 5) is 0. The Morgan fingerprint density at radius 1 is 1.43 bits per heavy atom. The van der Waals surface area contributed by atoms with Gasteiger partial charge in [0.2, 0.25) is 0 Å². The zero-order valence-corrected chi connectivity index (χ0v) is 10.1. The molecule has 1 aliphatic rings. The zero-order chi connectivity index (χ0) is 10.8. The molecule has 0 aliphatic heterocycles. The second-order valence-corrected chi connectivity index (χ2v) is 5.84. The van der Waals surface area contributed by atoms with Gasteiger partial charge in [0.05, 0.1) is 5.60 Å². The molecule has 1 rings (SSSR count). The van der Waals surface area contributed by atoms with Gasteiger partial charge in [0.1, 0.15) is 0 Å². The monoisotopic (exact) mass is 199 g/mol. The van der Waals surface area contributed by atoms with Crippen LogP contribution in [0.15, 0.2) is 0 Å². The minimum atomic E-state index is -0.437. The SMILES string of the molecule is CCC1CCC(O)(CNC(C)(C)C)C1. The molecule has 0 amide bonds. The molecule has 0 aromatic rings. The van der Waals surface area contributed by atoms with Crippen molar-refractivity contribution in [2.75, 3.05) is 6.54 Å². The van der Waals surface area contributed by atoms with Crippen molar-refractivity contribution in [3.63, 3.8) is 0 Å². The third-order valence-electron chi connectivity index (χ3n) is 3.21. The molecule has 2 atom stereocenters. The maximum Gasteiger partial charge on any atom is 0.0774 e. The number of rotatable bonds is 3. The Labute approximate surface area is 88.1 Å². The molecular weight excluding hydrogens is 174 g/mol. The molecule has 0 spiro atoms. The van der Waals surface area contributed by atoms with Crippen molar-refractivity contribution in [1.29, 1.82) is 0 Å². The molecule has 2 heteroatoms. The minimum Gasteiger partial charge on any atom is -0.389 e. The lowest BCUT2D eigenvalue weighted by atomic mass is 9.97. The van der Waals surface area contributed by atoms with Gasteiger partial charge in [0.25, 0.3) is 0 Å². The smallest absolute Gasteiger partial charge is 0.0774 e. The third-order valence-corrected chi connectivity index (χ3v) is 3.21. The quantitative estimate of drug-likeness (QED) is 0.731. The zero-order valence-electron chi connectivity index (χ0n) is 10.1. The van der Waals surface area contributed by atoms with E-state index >= 15 is 0 Å². The van der Waals surface area contributed by atoms with Gasteiger partial charge in [-0.25, -0.2) is 0 Å². The average Bonchev–Trinajstić information content (AvgIpc) is 2.44. The highest BCUT2D eigenvalue weighted by molar-refractivity contribution is 4.92. The van der Waals surface area contributed by atoms with Crippen LogP contribution in [0.1, 0.15) is 53.4 Å². The highest BCUT2D eigenvalue weighted by atomic mass is 16.3. The van der Waals surface area contributed by atoms with Crippen molar-refractivity contribution in [2.45, 2.75) is 64.5 Å². The number of β-amino-alcohol motifs (C(OH)–C–C–N with tert-alkyl or cyclic N) is 1. The molecule has 0 aromatic heterocycles. The number of hydrogen-bond donors (Lipinski definition) is 2. The summed E-state index contributed by atoms with van der Waals surface area (Å²) < 4.78 is 0. The number of aliphatic hydroxyl groups is 1. The summed E-state index contributed by atoms with van der Waals surface area (Å²) in [5.41, 5.74) is -0.325. The van der Waals surface area contributed by atoms with Crippen LogP contribution in [-0.2, 0) is 0 Å². The fraction of sp³-hybridized carbons (Fsp3) is 1.00. The maximum atomic E-state index is 10.3. The van der Waals surface area contributed by atoms with Crippen LogP contribution in [0, 0.1) is 5.92 Å². The van der Waals surface area contributed by atoms with Crippen LogP contribution in [0.25, 0.3) is 0 Å². The van der Waals surface area contributed by atoms with Gasteiger partial charge in [-0.2, -0.15) is 0 Å². The van der Waals surface area contributed by atoms with Gasteiger partial charge in [0, 0.05) is 12.1 Å². The summed E-state index contributed by atoms with van der Waals surface area (Å²) in [5, 5.41) is 13.7. The Hall–Kier alpha value is -0.0800. The highest BCUT2D eigenvalue weighted by Gasteiger charge is 2.36. The van der Waals surface area contributed by atoms with Crippen molar-refractivity contribution in [3.8, 4) is 0 Å². The second-order valence-electron chi connectivity index (χ2n) is 5.84. The molecule has 0 radical (unpaired) electrons. The molecule has 14 heavy (non-hydrogen) atoms. The van der Waals surface area contributed by atoms with Gasteiger partial charge in [0.15, 0.2) is 0 Å². The normalized spacial score (nSPS) is 33.6. The largest absolute Gasteiger partial charge is 0.389 e. The molecule has 2 nitrogen and oxygen atoms in total. The summed E-state index contributed by atoms with van der Waals surface area (Å²) in [7, 11) is 0. The van der Waals surface area contributed by atoms with E-state index in [0.717, 1.165) is 25.3 Å². The summed E-state index contributed by atoms with van der Waals surface area (Å²) >= 11 is 0. The van der Waals surface area contributed by atoms with Crippen molar-refractivity contribution < 1.29 is 5.11 Å². The van der Waals surface area contributed by atoms with Crippen molar-refractivity contribution in [3.05, 3.63) is 0 Å². The lowest BCUT2D eigenvalue weighted by Crippen LogP contribution is -2.46. The number of nitrogens with one attached hydrogen (secondary N) is 1. The van der Waals surface area contributed by atoms with E-state index in [9.17, 15) is 5.11 Å². The first-order valence-corrected chi connectivity index (χ1v) is 5.82. The second kappa shape index (κ2) is 4.19. The summed E-state index contributed by atoms with van der Waals surface area (Å²) in [6.07, 6.45) is 4.35. The molecule has 0 aromatic carbocycles. The minimum absolute atomic E-state index is 0.111. The van der Waals surface area contributed by atoms with E-state index in [1.165, 1.54) is 12.8 Å². The van der Waals surface area contributed by atoms with Crippen molar-refractivity contribution >= 4 is 0 Å². The fourth-order valence-corrected chi connectivity index (χ4v) is 2.15. The Morgan fingerprint density at radius 2 is 2.07 bits per heavy atom. The van der Waals surface area contributed by atoms with Crippen LogP contribution >= 0.6 is 0 Å². The summed E-state index contributed by atoms with van der Waals surface area (Å²) in [6, 6.07) is 0. The van der Waals surface area contributed by atoms with Gasteiger partial charge in [-0.05, 0) is 46.0 Å². The lowest BCUT2D eigenvalue weighted by molar-refractivity contribution is 0.0373. The van der Waals surface area contributed by atoms with E-state index in [4.69, 9.17) is 0 Å². The Bertz CT molecular complexity index is 185. The number of hydrogen-bond acceptors (Lipinski definition) is 2. The van der Waals surface area contributed by atoms with E-state index in [1.54, 1.807) is 0 Å². The fourth-order valence-electron chi connectivity index (χ4n) is 2.15. The van der Waals surface area contributed by atoms with Crippen LogP contribution in [0.4, 0.5) is 0 Å². The van der Waals surface area contributed by atoms with Crippen LogP contribution < -0.4 is 5.32 Å². The summed E-state index contributed by atoms with van der Waals surface area (Å²) in [6.45, 7) is 9.38. The molecule has 0 saturated heterocycles. The van der Waals surface area contributed by atoms with Crippen LogP contribution in [-0.4, -0.2) is 22.8 Å². The molecule has 0 heterocycles. The van der Waals surface area contributed by atoms with E-state index in [2.05, 4.69) is 33.0 Å². The van der Waals surface area contributed by atoms with Gasteiger partial charge in [-0.3, -0.25) is 0 Å². The molecular formula is C12H25NO. The maximum absolute atomic E-state index is 10.3. The highest BCUT2D eigenvalue weighted by Crippen LogP contribution is 2.35. The molecule has 2 N–H and O–H groups in total. The van der Waals surface area contributed by atoms with Crippen molar-refractivity contribution in [2.24, 2.45) is 5.92 Å². The molecule has 1 saturated carbocycles. The first kappa shape index (κ1) is 12.0. The first-order chi connectivity index (χ1) is 6.35. The Balaban J connectivity index is 2.37. The molecule has 1 aliphatic carbocycles. The predicted octanol–water partition coefficient (Wildman–Crippen LogP) is 2.32. The molecule has 1 fully saturated rings. The van der Waals surface area contributed by atoms with Crippen molar-refractivity contribution in [1.82, 2.24) is 5.32 Å². The van der Waals surface area contributed by atoms with Gasteiger partial charge < -0.3 is 10.4 Å². The molecule has 0 bridgehead atoms. The first-order valence-electron chi connectivity index (χ1n) is 5.82. The predicted molar refractivity (Wildman–Crippen MR) is 60.3 cm³/mol. The van der Waals surface area contributed by atoms with Crippen LogP contribution in [0.5, 0.6) is 0 Å². The molecule has 84 valence electrons. The lowest BCUT2D eigenvalue weighted by Gasteiger charge is -2.29. The van der Waals surface area contributed by atoms with E-state index < -0.39 is 5.60 Å². The van der Waals surface area contributed by atoms with Crippen LogP contribution in [0.3, 0.4) is 0 Å².